The zero-order valence-corrected chi connectivity index (χ0v) is 21.0. The standard InChI is InChI=1S/C21H20N6.C4H8.C3H8O.2H2/c1-3-18(21(9-10-21)19-8-11-24-20(22)27-19)26-16-6-4-15(5-7-16)17-13-23-12-14(2)25-17;1-3-4-2;1-2-3-4;;/h4-8,11-13,26H,1,9-10H2,2H3,(H2,22,24,27);3H,1,4H2,2H3;4H,2-3H2,1H3;2*1H. The molecule has 1 aliphatic rings. The Morgan fingerprint density at radius 3 is 2.34 bits per heavy atom. The smallest absolute Gasteiger partial charge is 0.220 e. The summed E-state index contributed by atoms with van der Waals surface area (Å²) in [5.41, 5.74) is 14.1. The number of aliphatic hydroxyl groups excluding tert-OH is 1. The highest BCUT2D eigenvalue weighted by molar-refractivity contribution is 5.64. The van der Waals surface area contributed by atoms with Crippen molar-refractivity contribution in [3.05, 3.63) is 91.0 Å². The van der Waals surface area contributed by atoms with Gasteiger partial charge >= 0.3 is 0 Å². The highest BCUT2D eigenvalue weighted by Gasteiger charge is 2.49. The predicted octanol–water partition coefficient (Wildman–Crippen LogP) is 6.10. The van der Waals surface area contributed by atoms with Gasteiger partial charge in [0.15, 0.2) is 0 Å². The number of nitrogens with zero attached hydrogens (tertiary/aromatic N) is 4. The number of benzene rings is 1. The number of aliphatic hydroxyl groups is 1. The number of rotatable bonds is 7. The Morgan fingerprint density at radius 1 is 1.20 bits per heavy atom. The molecule has 1 saturated carbocycles. The first kappa shape index (κ1) is 27.4. The summed E-state index contributed by atoms with van der Waals surface area (Å²) in [5, 5.41) is 11.3. The molecule has 1 aromatic carbocycles. The van der Waals surface area contributed by atoms with E-state index in [9.17, 15) is 0 Å². The molecule has 4 N–H and O–H groups in total. The molecule has 1 aliphatic carbocycles. The molecule has 2 aromatic heterocycles. The summed E-state index contributed by atoms with van der Waals surface area (Å²) in [5.74, 6) is 0.283. The molecule has 3 aromatic rings. The summed E-state index contributed by atoms with van der Waals surface area (Å²) in [6, 6.07) is 9.98. The van der Waals surface area contributed by atoms with Gasteiger partial charge < -0.3 is 16.2 Å². The van der Waals surface area contributed by atoms with Gasteiger partial charge in [-0.2, -0.15) is 0 Å². The average molecular weight is 477 g/mol. The number of anilines is 2. The summed E-state index contributed by atoms with van der Waals surface area (Å²) in [4.78, 5) is 17.1. The van der Waals surface area contributed by atoms with Gasteiger partial charge in [-0.3, -0.25) is 4.98 Å². The van der Waals surface area contributed by atoms with Crippen LogP contribution in [0.5, 0.6) is 0 Å². The van der Waals surface area contributed by atoms with E-state index in [2.05, 4.69) is 51.1 Å². The molecule has 0 unspecified atom stereocenters. The second-order valence-electron chi connectivity index (χ2n) is 8.10. The van der Waals surface area contributed by atoms with Crippen molar-refractivity contribution in [3.8, 4) is 11.3 Å². The van der Waals surface area contributed by atoms with Crippen LogP contribution < -0.4 is 11.1 Å². The molecule has 0 spiro atoms. The minimum Gasteiger partial charge on any atom is -0.396 e. The molecule has 35 heavy (non-hydrogen) atoms. The number of allylic oxidation sites excluding steroid dienone is 2. The highest BCUT2D eigenvalue weighted by atomic mass is 16.2. The van der Waals surface area contributed by atoms with Crippen molar-refractivity contribution in [2.24, 2.45) is 0 Å². The molecule has 0 radical (unpaired) electrons. The van der Waals surface area contributed by atoms with Crippen molar-refractivity contribution in [3.63, 3.8) is 0 Å². The first-order valence-corrected chi connectivity index (χ1v) is 11.8. The van der Waals surface area contributed by atoms with Crippen molar-refractivity contribution in [1.29, 1.82) is 0 Å². The van der Waals surface area contributed by atoms with Crippen LogP contribution in [0.4, 0.5) is 11.6 Å². The largest absolute Gasteiger partial charge is 0.396 e. The quantitative estimate of drug-likeness (QED) is 0.279. The topological polar surface area (TPSA) is 110 Å². The lowest BCUT2D eigenvalue weighted by molar-refractivity contribution is 0.295. The van der Waals surface area contributed by atoms with Gasteiger partial charge in [-0.15, -0.1) is 12.3 Å². The van der Waals surface area contributed by atoms with E-state index in [4.69, 9.17) is 10.8 Å². The molecule has 2 heterocycles. The van der Waals surface area contributed by atoms with Crippen LogP contribution in [-0.4, -0.2) is 31.6 Å². The number of aryl methyl sites for hydroxylation is 1. The van der Waals surface area contributed by atoms with E-state index in [0.717, 1.165) is 59.7 Å². The Bertz CT molecular complexity index is 1140. The Hall–Kier alpha value is -3.80. The molecule has 0 aliphatic heterocycles. The molecular weight excluding hydrogens is 436 g/mol. The highest BCUT2D eigenvalue weighted by Crippen LogP contribution is 2.52. The lowest BCUT2D eigenvalue weighted by Crippen LogP contribution is -2.19. The number of nitrogens with two attached hydrogens (primary N) is 1. The third-order valence-electron chi connectivity index (χ3n) is 5.29. The number of nitrogen functional groups attached to an aromatic ring is 1. The fraction of sp³-hybridized carbons (Fsp3) is 0.321. The minimum atomic E-state index is -0.209. The molecule has 188 valence electrons. The van der Waals surface area contributed by atoms with Gasteiger partial charge in [-0.1, -0.05) is 38.6 Å². The lowest BCUT2D eigenvalue weighted by Gasteiger charge is -2.19. The molecule has 7 heteroatoms. The Labute approximate surface area is 211 Å². The third kappa shape index (κ3) is 7.88. The average Bonchev–Trinajstić information content (AvgIpc) is 3.70. The minimum absolute atomic E-state index is 0. The van der Waals surface area contributed by atoms with Crippen molar-refractivity contribution < 1.29 is 7.96 Å². The SMILES string of the molecule is C=C=C(Nc1ccc(-c2cncc(C)n2)cc1)C1(c2ccnc(N)n2)CC1.C=CCC.CCCO.[HH].[HH]. The van der Waals surface area contributed by atoms with Crippen LogP contribution in [0.25, 0.3) is 11.3 Å². The number of hydrogen-bond donors (Lipinski definition) is 3. The summed E-state index contributed by atoms with van der Waals surface area (Å²) < 4.78 is 0. The van der Waals surface area contributed by atoms with E-state index in [0.29, 0.717) is 6.61 Å². The fourth-order valence-electron chi connectivity index (χ4n) is 3.20. The zero-order chi connectivity index (χ0) is 25.7. The molecule has 4 rings (SSSR count). The van der Waals surface area contributed by atoms with E-state index in [1.165, 1.54) is 0 Å². The van der Waals surface area contributed by atoms with E-state index in [1.807, 2.05) is 50.3 Å². The second-order valence-corrected chi connectivity index (χ2v) is 8.10. The molecule has 0 amide bonds. The van der Waals surface area contributed by atoms with Gasteiger partial charge in [-0.05, 0) is 50.8 Å². The van der Waals surface area contributed by atoms with E-state index in [-0.39, 0.29) is 14.2 Å². The van der Waals surface area contributed by atoms with E-state index >= 15 is 0 Å². The maximum Gasteiger partial charge on any atom is 0.220 e. The van der Waals surface area contributed by atoms with Crippen molar-refractivity contribution in [1.82, 2.24) is 19.9 Å². The molecule has 7 nitrogen and oxygen atoms in total. The Kier molecular flexibility index (Phi) is 10.8. The van der Waals surface area contributed by atoms with Gasteiger partial charge in [0.25, 0.3) is 0 Å². The lowest BCUT2D eigenvalue weighted by atomic mass is 9.97. The predicted molar refractivity (Wildman–Crippen MR) is 148 cm³/mol. The Balaban J connectivity index is 0.00000115. The van der Waals surface area contributed by atoms with Gasteiger partial charge in [-0.25, -0.2) is 15.0 Å². The van der Waals surface area contributed by atoms with Crippen LogP contribution in [0.3, 0.4) is 0 Å². The van der Waals surface area contributed by atoms with Gasteiger partial charge in [0.1, 0.15) is 0 Å². The zero-order valence-electron chi connectivity index (χ0n) is 21.0. The maximum absolute atomic E-state index is 7.88. The van der Waals surface area contributed by atoms with E-state index < -0.39 is 0 Å². The Morgan fingerprint density at radius 2 is 1.86 bits per heavy atom. The first-order chi connectivity index (χ1) is 16.9. The normalized spacial score (nSPS) is 12.6. The molecule has 1 fully saturated rings. The van der Waals surface area contributed by atoms with Crippen LogP contribution in [0.1, 0.15) is 53.8 Å². The summed E-state index contributed by atoms with van der Waals surface area (Å²) in [6.45, 7) is 13.6. The fourth-order valence-corrected chi connectivity index (χ4v) is 3.20. The van der Waals surface area contributed by atoms with Crippen LogP contribution in [0, 0.1) is 6.92 Å². The van der Waals surface area contributed by atoms with Gasteiger partial charge in [0.05, 0.1) is 34.4 Å². The molecule has 0 saturated heterocycles. The summed E-state index contributed by atoms with van der Waals surface area (Å²) >= 11 is 0. The number of nitrogens with one attached hydrogen (secondary N) is 1. The molecular formula is C28H40N6O. The summed E-state index contributed by atoms with van der Waals surface area (Å²) in [7, 11) is 0. The van der Waals surface area contributed by atoms with E-state index in [1.54, 1.807) is 18.6 Å². The third-order valence-corrected chi connectivity index (χ3v) is 5.29. The monoisotopic (exact) mass is 476 g/mol. The molecule has 0 bridgehead atoms. The van der Waals surface area contributed by atoms with Crippen LogP contribution >= 0.6 is 0 Å². The number of hydrogen-bond acceptors (Lipinski definition) is 7. The van der Waals surface area contributed by atoms with Crippen LogP contribution in [0.2, 0.25) is 0 Å². The summed E-state index contributed by atoms with van der Waals surface area (Å²) in [6.07, 6.45) is 11.0. The van der Waals surface area contributed by atoms with Crippen molar-refractivity contribution in [2.45, 2.75) is 51.9 Å². The maximum atomic E-state index is 7.88. The van der Waals surface area contributed by atoms with Crippen molar-refractivity contribution in [2.75, 3.05) is 17.7 Å². The van der Waals surface area contributed by atoms with Crippen LogP contribution in [-0.2, 0) is 5.41 Å². The molecule has 0 atom stereocenters. The van der Waals surface area contributed by atoms with Crippen molar-refractivity contribution >= 4 is 11.6 Å². The van der Waals surface area contributed by atoms with Gasteiger partial charge in [0.2, 0.25) is 5.95 Å². The van der Waals surface area contributed by atoms with Gasteiger partial charge in [0, 0.05) is 33.1 Å². The second kappa shape index (κ2) is 13.8. The number of aromatic nitrogens is 4. The van der Waals surface area contributed by atoms with Crippen LogP contribution in [0.15, 0.2) is 79.6 Å². The first-order valence-electron chi connectivity index (χ1n) is 11.8.